The number of aromatic nitrogens is 3. The molecule has 0 aromatic carbocycles. The first kappa shape index (κ1) is 23.4. The number of carbonyl (C=O) groups is 1. The zero-order valence-electron chi connectivity index (χ0n) is 14.3. The number of hydrogen-bond acceptors (Lipinski definition) is 4. The molecule has 0 atom stereocenters. The van der Waals surface area contributed by atoms with Gasteiger partial charge in [-0.1, -0.05) is 6.92 Å². The van der Waals surface area contributed by atoms with Crippen LogP contribution in [0.5, 0.6) is 0 Å². The average molecular weight is 477 g/mol. The molecule has 0 aliphatic rings. The lowest BCUT2D eigenvalue weighted by Gasteiger charge is -2.20. The molecule has 1 heterocycles. The first-order valence-corrected chi connectivity index (χ1v) is 7.38. The fourth-order valence-corrected chi connectivity index (χ4v) is 1.91. The molecule has 0 bridgehead atoms. The van der Waals surface area contributed by atoms with Crippen LogP contribution in [0, 0.1) is 0 Å². The van der Waals surface area contributed by atoms with Gasteiger partial charge in [0, 0.05) is 33.6 Å². The molecule has 8 nitrogen and oxygen atoms in total. The van der Waals surface area contributed by atoms with Crippen molar-refractivity contribution in [1.29, 1.82) is 0 Å². The SMILES string of the molecule is CCc1nncn1CCNC(=NC)NCC(=O)N(C)CC(F)(F)F.I. The largest absolute Gasteiger partial charge is 0.406 e. The van der Waals surface area contributed by atoms with Gasteiger partial charge in [-0.15, -0.1) is 34.2 Å². The van der Waals surface area contributed by atoms with Crippen molar-refractivity contribution in [3.63, 3.8) is 0 Å². The summed E-state index contributed by atoms with van der Waals surface area (Å²) >= 11 is 0. The molecule has 144 valence electrons. The van der Waals surface area contributed by atoms with Gasteiger partial charge in [-0.3, -0.25) is 9.79 Å². The fourth-order valence-electron chi connectivity index (χ4n) is 1.91. The molecule has 0 aliphatic carbocycles. The Hall–Kier alpha value is -1.60. The number of amides is 1. The third-order valence-corrected chi connectivity index (χ3v) is 3.13. The Bertz CT molecular complexity index is 562. The van der Waals surface area contributed by atoms with Crippen molar-refractivity contribution in [2.75, 3.05) is 33.7 Å². The van der Waals surface area contributed by atoms with Gasteiger partial charge in [0.2, 0.25) is 5.91 Å². The standard InChI is InChI=1S/C13H22F3N7O.HI/c1-4-10-21-20-9-23(10)6-5-18-12(17-2)19-7-11(24)22(3)8-13(14,15)16;/h9H,4-8H2,1-3H3,(H2,17,18,19);1H. The number of guanidine groups is 1. The summed E-state index contributed by atoms with van der Waals surface area (Å²) in [5.74, 6) is 0.501. The number of nitrogens with one attached hydrogen (secondary N) is 2. The first-order valence-electron chi connectivity index (χ1n) is 7.38. The monoisotopic (exact) mass is 477 g/mol. The minimum absolute atomic E-state index is 0. The van der Waals surface area contributed by atoms with E-state index in [1.54, 1.807) is 6.33 Å². The summed E-state index contributed by atoms with van der Waals surface area (Å²) < 4.78 is 38.6. The van der Waals surface area contributed by atoms with Crippen LogP contribution < -0.4 is 10.6 Å². The predicted molar refractivity (Wildman–Crippen MR) is 97.9 cm³/mol. The number of halogens is 4. The van der Waals surface area contributed by atoms with Crippen LogP contribution >= 0.6 is 24.0 Å². The molecule has 25 heavy (non-hydrogen) atoms. The molecule has 1 rings (SSSR count). The summed E-state index contributed by atoms with van der Waals surface area (Å²) in [6, 6.07) is 0. The predicted octanol–water partition coefficient (Wildman–Crippen LogP) is 0.644. The highest BCUT2D eigenvalue weighted by atomic mass is 127. The zero-order valence-corrected chi connectivity index (χ0v) is 16.6. The summed E-state index contributed by atoms with van der Waals surface area (Å²) in [4.78, 5) is 16.2. The highest BCUT2D eigenvalue weighted by Crippen LogP contribution is 2.15. The van der Waals surface area contributed by atoms with E-state index in [9.17, 15) is 18.0 Å². The molecular formula is C13H23F3IN7O. The summed E-state index contributed by atoms with van der Waals surface area (Å²) in [5, 5.41) is 13.4. The van der Waals surface area contributed by atoms with Gasteiger partial charge in [-0.2, -0.15) is 13.2 Å². The number of hydrogen-bond donors (Lipinski definition) is 2. The van der Waals surface area contributed by atoms with Crippen LogP contribution in [0.3, 0.4) is 0 Å². The second-order valence-corrected chi connectivity index (χ2v) is 5.01. The van der Waals surface area contributed by atoms with Crippen LogP contribution in [-0.2, 0) is 17.8 Å². The van der Waals surface area contributed by atoms with Gasteiger partial charge in [0.15, 0.2) is 5.96 Å². The molecule has 0 fully saturated rings. The van der Waals surface area contributed by atoms with Crippen molar-refractivity contribution in [1.82, 2.24) is 30.3 Å². The van der Waals surface area contributed by atoms with Gasteiger partial charge in [-0.25, -0.2) is 0 Å². The van der Waals surface area contributed by atoms with Crippen LogP contribution in [0.4, 0.5) is 13.2 Å². The minimum atomic E-state index is -4.42. The second-order valence-electron chi connectivity index (χ2n) is 5.01. The molecule has 0 radical (unpaired) electrons. The summed E-state index contributed by atoms with van der Waals surface area (Å²) in [7, 11) is 2.61. The number of carbonyl (C=O) groups excluding carboxylic acids is 1. The Morgan fingerprint density at radius 3 is 2.64 bits per heavy atom. The van der Waals surface area contributed by atoms with Gasteiger partial charge in [0.05, 0.1) is 6.54 Å². The summed E-state index contributed by atoms with van der Waals surface area (Å²) in [5.41, 5.74) is 0. The van der Waals surface area contributed by atoms with Crippen molar-refractivity contribution in [2.45, 2.75) is 26.1 Å². The van der Waals surface area contributed by atoms with Gasteiger partial charge in [0.25, 0.3) is 0 Å². The molecule has 1 aromatic rings. The van der Waals surface area contributed by atoms with E-state index in [-0.39, 0.29) is 30.5 Å². The number of rotatable bonds is 7. The normalized spacial score (nSPS) is 11.7. The third kappa shape index (κ3) is 8.88. The van der Waals surface area contributed by atoms with Crippen LogP contribution in [0.1, 0.15) is 12.7 Å². The molecule has 0 saturated heterocycles. The molecule has 0 spiro atoms. The highest BCUT2D eigenvalue weighted by molar-refractivity contribution is 14.0. The number of likely N-dealkylation sites (N-methyl/N-ethyl adjacent to an activating group) is 1. The number of aliphatic imine (C=N–C) groups is 1. The molecule has 2 N–H and O–H groups in total. The van der Waals surface area contributed by atoms with Crippen LogP contribution in [0.15, 0.2) is 11.3 Å². The van der Waals surface area contributed by atoms with E-state index in [2.05, 4.69) is 25.8 Å². The number of nitrogens with zero attached hydrogens (tertiary/aromatic N) is 5. The van der Waals surface area contributed by atoms with E-state index < -0.39 is 18.6 Å². The summed E-state index contributed by atoms with van der Waals surface area (Å²) in [6.45, 7) is 1.50. The molecular weight excluding hydrogens is 454 g/mol. The van der Waals surface area contributed by atoms with Gasteiger partial charge < -0.3 is 20.1 Å². The molecule has 1 aromatic heterocycles. The topological polar surface area (TPSA) is 87.4 Å². The molecule has 0 saturated carbocycles. The lowest BCUT2D eigenvalue weighted by molar-refractivity contribution is -0.157. The van der Waals surface area contributed by atoms with E-state index in [4.69, 9.17) is 0 Å². The van der Waals surface area contributed by atoms with E-state index in [0.717, 1.165) is 19.3 Å². The summed E-state index contributed by atoms with van der Waals surface area (Å²) in [6.07, 6.45) is -2.04. The van der Waals surface area contributed by atoms with E-state index in [1.165, 1.54) is 7.05 Å². The Labute approximate surface area is 161 Å². The minimum Gasteiger partial charge on any atom is -0.355 e. The smallest absolute Gasteiger partial charge is 0.355 e. The lowest BCUT2D eigenvalue weighted by Crippen LogP contribution is -2.46. The van der Waals surface area contributed by atoms with Crippen molar-refractivity contribution in [3.8, 4) is 0 Å². The second kappa shape index (κ2) is 11.1. The van der Waals surface area contributed by atoms with E-state index in [1.807, 2.05) is 11.5 Å². The van der Waals surface area contributed by atoms with Gasteiger partial charge in [0.1, 0.15) is 18.7 Å². The van der Waals surface area contributed by atoms with Crippen molar-refractivity contribution in [2.24, 2.45) is 4.99 Å². The maximum absolute atomic E-state index is 12.2. The Morgan fingerprint density at radius 1 is 1.40 bits per heavy atom. The molecule has 0 aliphatic heterocycles. The Kier molecular flexibility index (Phi) is 10.4. The Morgan fingerprint density at radius 2 is 2.08 bits per heavy atom. The number of aryl methyl sites for hydroxylation is 1. The van der Waals surface area contributed by atoms with E-state index >= 15 is 0 Å². The van der Waals surface area contributed by atoms with Crippen molar-refractivity contribution < 1.29 is 18.0 Å². The first-order chi connectivity index (χ1) is 11.3. The van der Waals surface area contributed by atoms with Crippen molar-refractivity contribution >= 4 is 35.8 Å². The van der Waals surface area contributed by atoms with Crippen molar-refractivity contribution in [3.05, 3.63) is 12.2 Å². The van der Waals surface area contributed by atoms with Crippen LogP contribution in [0.25, 0.3) is 0 Å². The van der Waals surface area contributed by atoms with Gasteiger partial charge >= 0.3 is 6.18 Å². The third-order valence-electron chi connectivity index (χ3n) is 3.13. The Balaban J connectivity index is 0.00000576. The zero-order chi connectivity index (χ0) is 18.2. The van der Waals surface area contributed by atoms with Crippen LogP contribution in [0.2, 0.25) is 0 Å². The fraction of sp³-hybridized carbons (Fsp3) is 0.692. The van der Waals surface area contributed by atoms with Gasteiger partial charge in [-0.05, 0) is 0 Å². The quantitative estimate of drug-likeness (QED) is 0.342. The molecule has 0 unspecified atom stereocenters. The average Bonchev–Trinajstić information content (AvgIpc) is 2.96. The lowest BCUT2D eigenvalue weighted by atomic mass is 10.4. The molecule has 1 amide bonds. The maximum Gasteiger partial charge on any atom is 0.406 e. The molecule has 12 heteroatoms. The van der Waals surface area contributed by atoms with Crippen LogP contribution in [-0.4, -0.2) is 71.4 Å². The number of alkyl halides is 3. The maximum atomic E-state index is 12.2. The highest BCUT2D eigenvalue weighted by Gasteiger charge is 2.31. The van der Waals surface area contributed by atoms with E-state index in [0.29, 0.717) is 23.9 Å².